The molecule has 0 radical (unpaired) electrons. The highest BCUT2D eigenvalue weighted by Gasteiger charge is 2.14. The lowest BCUT2D eigenvalue weighted by Gasteiger charge is -2.10. The van der Waals surface area contributed by atoms with Crippen LogP contribution in [0.1, 0.15) is 28.2 Å². The third-order valence-electron chi connectivity index (χ3n) is 4.87. The maximum Gasteiger partial charge on any atom is 0.191 e. The van der Waals surface area contributed by atoms with Crippen molar-refractivity contribution in [1.82, 2.24) is 19.7 Å². The van der Waals surface area contributed by atoms with Gasteiger partial charge in [0, 0.05) is 23.2 Å². The lowest BCUT2D eigenvalue weighted by Crippen LogP contribution is -2.07. The molecule has 0 saturated heterocycles. The first-order valence-corrected chi connectivity index (χ1v) is 12.3. The molecule has 5 nitrogen and oxygen atoms in total. The largest absolute Gasteiger partial charge is 0.486 e. The Labute approximate surface area is 197 Å². The topological polar surface area (TPSA) is 52.8 Å². The van der Waals surface area contributed by atoms with Crippen LogP contribution < -0.4 is 4.74 Å². The highest BCUT2D eigenvalue weighted by atomic mass is 32.2. The first kappa shape index (κ1) is 22.3. The van der Waals surface area contributed by atoms with Crippen LogP contribution in [0.5, 0.6) is 5.75 Å². The molecule has 0 fully saturated rings. The minimum Gasteiger partial charge on any atom is -0.486 e. The van der Waals surface area contributed by atoms with Gasteiger partial charge in [0.2, 0.25) is 0 Å². The number of allylic oxidation sites excluding steroid dienone is 1. The molecule has 0 N–H and O–H groups in total. The molecule has 0 aliphatic heterocycles. The maximum atomic E-state index is 6.00. The van der Waals surface area contributed by atoms with Gasteiger partial charge in [-0.25, -0.2) is 4.98 Å². The second-order valence-corrected chi connectivity index (χ2v) is 9.51. The van der Waals surface area contributed by atoms with Crippen molar-refractivity contribution in [2.24, 2.45) is 0 Å². The van der Waals surface area contributed by atoms with Crippen molar-refractivity contribution in [3.63, 3.8) is 0 Å². The van der Waals surface area contributed by atoms with E-state index in [0.29, 0.717) is 13.2 Å². The Bertz CT molecular complexity index is 1190. The summed E-state index contributed by atoms with van der Waals surface area (Å²) in [5.41, 5.74) is 5.79. The summed E-state index contributed by atoms with van der Waals surface area (Å²) in [4.78, 5) is 4.80. The van der Waals surface area contributed by atoms with E-state index >= 15 is 0 Å². The van der Waals surface area contributed by atoms with E-state index in [0.717, 1.165) is 38.7 Å². The van der Waals surface area contributed by atoms with Gasteiger partial charge in [0.05, 0.1) is 5.69 Å². The minimum absolute atomic E-state index is 0.360. The van der Waals surface area contributed by atoms with Gasteiger partial charge in [-0.2, -0.15) is 0 Å². The Morgan fingerprint density at radius 1 is 1.03 bits per heavy atom. The summed E-state index contributed by atoms with van der Waals surface area (Å²) in [6, 6.07) is 14.7. The predicted molar refractivity (Wildman–Crippen MR) is 132 cm³/mol. The summed E-state index contributed by atoms with van der Waals surface area (Å²) < 4.78 is 8.05. The van der Waals surface area contributed by atoms with Crippen LogP contribution in [0.4, 0.5) is 0 Å². The van der Waals surface area contributed by atoms with Crippen LogP contribution in [0, 0.1) is 20.8 Å². The fraction of sp³-hybridized carbons (Fsp3) is 0.240. The van der Waals surface area contributed by atoms with E-state index in [1.54, 1.807) is 23.1 Å². The van der Waals surface area contributed by atoms with Crippen molar-refractivity contribution in [1.29, 1.82) is 0 Å². The number of benzene rings is 2. The Kier molecular flexibility index (Phi) is 7.07. The Morgan fingerprint density at radius 3 is 2.50 bits per heavy atom. The molecule has 4 aromatic rings. The van der Waals surface area contributed by atoms with Crippen molar-refractivity contribution in [2.45, 2.75) is 44.8 Å². The molecular weight excluding hydrogens is 436 g/mol. The minimum atomic E-state index is 0.360. The van der Waals surface area contributed by atoms with Crippen LogP contribution in [0.3, 0.4) is 0 Å². The molecule has 0 amide bonds. The molecular formula is C25H26N4OS2. The third kappa shape index (κ3) is 5.47. The van der Waals surface area contributed by atoms with E-state index in [-0.39, 0.29) is 0 Å². The third-order valence-corrected chi connectivity index (χ3v) is 6.81. The zero-order chi connectivity index (χ0) is 22.5. The van der Waals surface area contributed by atoms with Gasteiger partial charge in [0.1, 0.15) is 17.4 Å². The number of thioether (sulfide) groups is 1. The molecule has 2 aromatic heterocycles. The van der Waals surface area contributed by atoms with Gasteiger partial charge in [0.15, 0.2) is 11.0 Å². The molecule has 7 heteroatoms. The van der Waals surface area contributed by atoms with Crippen molar-refractivity contribution in [3.05, 3.63) is 88.7 Å². The summed E-state index contributed by atoms with van der Waals surface area (Å²) in [6.45, 7) is 11.1. The van der Waals surface area contributed by atoms with Crippen molar-refractivity contribution in [3.8, 4) is 16.3 Å². The van der Waals surface area contributed by atoms with Crippen molar-refractivity contribution in [2.75, 3.05) is 0 Å². The zero-order valence-corrected chi connectivity index (χ0v) is 20.2. The molecule has 164 valence electrons. The van der Waals surface area contributed by atoms with Crippen LogP contribution in [-0.4, -0.2) is 19.7 Å². The molecule has 0 unspecified atom stereocenters. The number of nitrogens with zero attached hydrogens (tertiary/aromatic N) is 4. The first-order chi connectivity index (χ1) is 15.5. The molecule has 0 spiro atoms. The first-order valence-electron chi connectivity index (χ1n) is 10.4. The predicted octanol–water partition coefficient (Wildman–Crippen LogP) is 6.38. The maximum absolute atomic E-state index is 6.00. The van der Waals surface area contributed by atoms with Crippen LogP contribution in [0.25, 0.3) is 10.6 Å². The summed E-state index contributed by atoms with van der Waals surface area (Å²) in [5, 5.41) is 12.8. The highest BCUT2D eigenvalue weighted by molar-refractivity contribution is 7.98. The second kappa shape index (κ2) is 10.1. The smallest absolute Gasteiger partial charge is 0.191 e. The number of hydrogen-bond acceptors (Lipinski definition) is 6. The molecule has 32 heavy (non-hydrogen) atoms. The normalized spacial score (nSPS) is 11.0. The number of thiazole rings is 1. The number of rotatable bonds is 9. The number of aromatic nitrogens is 4. The molecule has 0 aliphatic carbocycles. The van der Waals surface area contributed by atoms with E-state index in [9.17, 15) is 0 Å². The lowest BCUT2D eigenvalue weighted by atomic mass is 10.1. The summed E-state index contributed by atoms with van der Waals surface area (Å²) in [5.74, 6) is 2.36. The molecule has 0 saturated carbocycles. The average Bonchev–Trinajstić information content (AvgIpc) is 3.38. The molecule has 2 aromatic carbocycles. The van der Waals surface area contributed by atoms with E-state index in [2.05, 4.69) is 73.3 Å². The van der Waals surface area contributed by atoms with Gasteiger partial charge in [-0.1, -0.05) is 53.7 Å². The van der Waals surface area contributed by atoms with Crippen LogP contribution >= 0.6 is 23.1 Å². The van der Waals surface area contributed by atoms with Gasteiger partial charge in [-0.3, -0.25) is 4.57 Å². The number of hydrogen-bond donors (Lipinski definition) is 0. The molecule has 4 rings (SSSR count). The Morgan fingerprint density at radius 2 is 1.78 bits per heavy atom. The molecule has 0 bridgehead atoms. The molecule has 0 atom stereocenters. The average molecular weight is 463 g/mol. The SMILES string of the molecule is C=CCn1c(COc2cc(C)cc(C)c2)nnc1SCc1csc(-c2ccc(C)cc2)n1. The van der Waals surface area contributed by atoms with Crippen LogP contribution in [0.2, 0.25) is 0 Å². The Hall–Kier alpha value is -2.90. The number of ether oxygens (including phenoxy) is 1. The lowest BCUT2D eigenvalue weighted by molar-refractivity contribution is 0.289. The van der Waals surface area contributed by atoms with Gasteiger partial charge in [0.25, 0.3) is 0 Å². The zero-order valence-electron chi connectivity index (χ0n) is 18.5. The molecule has 0 aliphatic rings. The second-order valence-electron chi connectivity index (χ2n) is 7.71. The summed E-state index contributed by atoms with van der Waals surface area (Å²) in [7, 11) is 0. The van der Waals surface area contributed by atoms with Crippen molar-refractivity contribution >= 4 is 23.1 Å². The fourth-order valence-corrected chi connectivity index (χ4v) is 5.14. The van der Waals surface area contributed by atoms with E-state index in [4.69, 9.17) is 9.72 Å². The van der Waals surface area contributed by atoms with Gasteiger partial charge < -0.3 is 4.74 Å². The van der Waals surface area contributed by atoms with E-state index < -0.39 is 0 Å². The summed E-state index contributed by atoms with van der Waals surface area (Å²) >= 11 is 3.30. The van der Waals surface area contributed by atoms with Crippen LogP contribution in [0.15, 0.2) is 65.7 Å². The monoisotopic (exact) mass is 462 g/mol. The standard InChI is InChI=1S/C25H26N4OS2/c1-5-10-29-23(14-30-22-12-18(3)11-19(4)13-22)27-28-25(29)32-16-21-15-31-24(26-21)20-8-6-17(2)7-9-20/h5-9,11-13,15H,1,10,14,16H2,2-4H3. The number of aryl methyl sites for hydroxylation is 3. The van der Waals surface area contributed by atoms with E-state index in [1.807, 2.05) is 22.8 Å². The van der Waals surface area contributed by atoms with E-state index in [1.165, 1.54) is 16.7 Å². The van der Waals surface area contributed by atoms with Crippen molar-refractivity contribution < 1.29 is 4.74 Å². The fourth-order valence-electron chi connectivity index (χ4n) is 3.35. The van der Waals surface area contributed by atoms with Gasteiger partial charge in [-0.05, 0) is 44.0 Å². The van der Waals surface area contributed by atoms with Gasteiger partial charge >= 0.3 is 0 Å². The highest BCUT2D eigenvalue weighted by Crippen LogP contribution is 2.28. The van der Waals surface area contributed by atoms with Gasteiger partial charge in [-0.15, -0.1) is 28.1 Å². The van der Waals surface area contributed by atoms with Crippen LogP contribution in [-0.2, 0) is 18.9 Å². The summed E-state index contributed by atoms with van der Waals surface area (Å²) in [6.07, 6.45) is 1.85. The quantitative estimate of drug-likeness (QED) is 0.213. The Balaban J connectivity index is 1.43. The molecule has 2 heterocycles.